The molecule has 0 aliphatic carbocycles. The van der Waals surface area contributed by atoms with Crippen molar-refractivity contribution in [1.82, 2.24) is 57.7 Å². The zero-order valence-corrected chi connectivity index (χ0v) is 47.4. The molecule has 31 heteroatoms. The molecule has 2 aliphatic heterocycles. The van der Waals surface area contributed by atoms with Gasteiger partial charge in [0.25, 0.3) is 0 Å². The largest absolute Gasteiger partial charge is 0.480 e. The van der Waals surface area contributed by atoms with E-state index in [-0.39, 0.29) is 50.3 Å². The summed E-state index contributed by atoms with van der Waals surface area (Å²) in [6.45, 7) is 4.39. The number of nitrogens with zero attached hydrogens (tertiary/aromatic N) is 2. The molecule has 0 aromatic rings. The van der Waals surface area contributed by atoms with Gasteiger partial charge in [0.15, 0.2) is 0 Å². The van der Waals surface area contributed by atoms with Crippen LogP contribution in [0.25, 0.3) is 0 Å². The molecule has 11 amide bonds. The van der Waals surface area contributed by atoms with E-state index in [4.69, 9.17) is 11.5 Å². The third-order valence-corrected chi connectivity index (χ3v) is 14.4. The van der Waals surface area contributed by atoms with Gasteiger partial charge < -0.3 is 84.4 Å². The van der Waals surface area contributed by atoms with Crippen LogP contribution in [-0.4, -0.2) is 225 Å². The summed E-state index contributed by atoms with van der Waals surface area (Å²) in [5, 5.41) is 52.0. The van der Waals surface area contributed by atoms with Crippen molar-refractivity contribution in [3.05, 3.63) is 0 Å². The summed E-state index contributed by atoms with van der Waals surface area (Å²) in [5.41, 5.74) is 11.1. The predicted molar refractivity (Wildman–Crippen MR) is 292 cm³/mol. The highest BCUT2D eigenvalue weighted by atomic mass is 32.2. The number of nitrogens with two attached hydrogens (primary N) is 2. The molecule has 0 radical (unpaired) electrons. The van der Waals surface area contributed by atoms with Gasteiger partial charge in [-0.15, -0.1) is 0 Å². The minimum atomic E-state index is -1.63. The van der Waals surface area contributed by atoms with Crippen LogP contribution in [0.1, 0.15) is 85.5 Å². The van der Waals surface area contributed by atoms with E-state index in [0.29, 0.717) is 44.4 Å². The van der Waals surface area contributed by atoms with Crippen LogP contribution in [0.5, 0.6) is 0 Å². The van der Waals surface area contributed by atoms with Crippen molar-refractivity contribution in [3.63, 3.8) is 0 Å². The highest BCUT2D eigenvalue weighted by Crippen LogP contribution is 2.23. The summed E-state index contributed by atoms with van der Waals surface area (Å²) in [7, 11) is 0. The Hall–Kier alpha value is -5.47. The molecule has 28 nitrogen and oxygen atoms in total. The van der Waals surface area contributed by atoms with Crippen molar-refractivity contribution < 1.29 is 72.9 Å². The maximum Gasteiger partial charge on any atom is 0.326 e. The lowest BCUT2D eigenvalue weighted by atomic mass is 9.96. The zero-order chi connectivity index (χ0) is 58.8. The summed E-state index contributed by atoms with van der Waals surface area (Å²) in [6, 6.07) is -12.6. The highest BCUT2D eigenvalue weighted by molar-refractivity contribution is 7.98. The summed E-state index contributed by atoms with van der Waals surface area (Å²) in [5.74, 6) is -10.5. The zero-order valence-electron chi connectivity index (χ0n) is 44.7. The number of unbranched alkanes of at least 4 members (excludes halogenated alkanes) is 1. The number of carbonyl (C=O) groups is 12. The highest BCUT2D eigenvalue weighted by Gasteiger charge is 2.43. The molecule has 0 aromatic heterocycles. The van der Waals surface area contributed by atoms with Gasteiger partial charge in [0, 0.05) is 24.6 Å². The molecule has 78 heavy (non-hydrogen) atoms. The molecule has 2 aliphatic rings. The lowest BCUT2D eigenvalue weighted by Gasteiger charge is -2.33. The van der Waals surface area contributed by atoms with E-state index in [1.54, 1.807) is 13.8 Å². The van der Waals surface area contributed by atoms with Crippen LogP contribution in [0.3, 0.4) is 0 Å². The van der Waals surface area contributed by atoms with Gasteiger partial charge in [0.1, 0.15) is 54.4 Å². The standard InChI is InChI=1S/C47H81N13O15S3/c1-6-24(2)36(57-44(71)37(26(4)62)58-43(70)33-13-9-16-59(33)45(72)31(23-77)56-40(67)27(14-18-78-5)53-38(65)25(3)49)46(73)60-17-10-12-32(60)42(69)55-30(22-76)41(68)54-29(21-61)39(66)51-19-34(63)50-20-35(64)52-28(47(74)75)11-7-8-15-48/h24-33,36-37,61-62,76-77H,6-23,48-49H2,1-5H3,(H,50,63)(H,51,66)(H,52,64)(H,53,65)(H,54,68)(H,55,69)(H,56,67)(H,57,71)(H,58,70)(H,74,75)/t24-,25-,26+,27-,28-,29-,30-,31-,32-,33-,36-,37-/m0/s1. The van der Waals surface area contributed by atoms with Gasteiger partial charge in [-0.1, -0.05) is 20.3 Å². The third kappa shape index (κ3) is 21.6. The normalized spacial score (nSPS) is 18.9. The molecule has 0 saturated carbocycles. The Balaban J connectivity index is 2.11. The van der Waals surface area contributed by atoms with Crippen LogP contribution in [0.2, 0.25) is 0 Å². The number of carbonyl (C=O) groups excluding carboxylic acids is 11. The van der Waals surface area contributed by atoms with Crippen LogP contribution in [0, 0.1) is 5.92 Å². The number of nitrogens with one attached hydrogen (secondary N) is 9. The second-order valence-electron chi connectivity index (χ2n) is 19.1. The number of aliphatic carboxylic acids is 1. The smallest absolute Gasteiger partial charge is 0.326 e. The van der Waals surface area contributed by atoms with E-state index in [1.165, 1.54) is 35.4 Å². The third-order valence-electron chi connectivity index (χ3n) is 13.1. The van der Waals surface area contributed by atoms with E-state index in [1.807, 2.05) is 6.26 Å². The second-order valence-corrected chi connectivity index (χ2v) is 20.8. The molecule has 2 heterocycles. The molecule has 2 rings (SSSR count). The number of amides is 11. The summed E-state index contributed by atoms with van der Waals surface area (Å²) in [6.07, 6.45) is 3.03. The van der Waals surface area contributed by atoms with Gasteiger partial charge in [-0.05, 0) is 89.7 Å². The Bertz CT molecular complexity index is 2100. The van der Waals surface area contributed by atoms with Gasteiger partial charge in [-0.3, -0.25) is 52.7 Å². The number of thiol groups is 2. The minimum absolute atomic E-state index is 0.0659. The predicted octanol–water partition coefficient (Wildman–Crippen LogP) is -5.81. The Morgan fingerprint density at radius 1 is 0.628 bits per heavy atom. The monoisotopic (exact) mass is 1160 g/mol. The number of likely N-dealkylation sites (tertiary alicyclic amines) is 2. The van der Waals surface area contributed by atoms with Crippen LogP contribution in [0.4, 0.5) is 0 Å². The molecule has 2 saturated heterocycles. The van der Waals surface area contributed by atoms with Crippen LogP contribution in [-0.2, 0) is 57.5 Å². The Morgan fingerprint density at radius 2 is 1.18 bits per heavy atom. The molecule has 0 bridgehead atoms. The van der Waals surface area contributed by atoms with E-state index in [9.17, 15) is 72.9 Å². The van der Waals surface area contributed by atoms with Gasteiger partial charge in [-0.25, -0.2) is 4.79 Å². The number of carboxylic acids is 1. The number of hydrogen-bond donors (Lipinski definition) is 16. The van der Waals surface area contributed by atoms with Crippen LogP contribution < -0.4 is 59.3 Å². The number of thioether (sulfide) groups is 1. The first-order valence-electron chi connectivity index (χ1n) is 25.9. The average molecular weight is 1160 g/mol. The Morgan fingerprint density at radius 3 is 1.71 bits per heavy atom. The van der Waals surface area contributed by atoms with Gasteiger partial charge >= 0.3 is 5.97 Å². The van der Waals surface area contributed by atoms with E-state index in [0.717, 1.165) is 0 Å². The van der Waals surface area contributed by atoms with Crippen molar-refractivity contribution in [2.24, 2.45) is 17.4 Å². The van der Waals surface area contributed by atoms with E-state index in [2.05, 4.69) is 73.1 Å². The molecule has 16 N–H and O–H groups in total. The van der Waals surface area contributed by atoms with Gasteiger partial charge in [-0.2, -0.15) is 37.0 Å². The SMILES string of the molecule is CC[C@H](C)[C@H](NC(=O)[C@@H](NC(=O)[C@@H]1CCCN1C(=O)[C@H](CS)NC(=O)[C@H](CCSC)NC(=O)[C@H](C)N)[C@@H](C)O)C(=O)N1CCC[C@H]1C(=O)N[C@@H](CS)C(=O)N[C@@H](CO)C(=O)NCC(=O)NCC(=O)N[C@@H](CCCCN)C(=O)O. The summed E-state index contributed by atoms with van der Waals surface area (Å²) < 4.78 is 0. The second kappa shape index (κ2) is 35.2. The fourth-order valence-corrected chi connectivity index (χ4v) is 9.26. The first-order valence-corrected chi connectivity index (χ1v) is 28.5. The average Bonchev–Trinajstić information content (AvgIpc) is 4.12. The molecule has 0 unspecified atom stereocenters. The van der Waals surface area contributed by atoms with Crippen molar-refractivity contribution in [2.45, 2.75) is 152 Å². The first-order chi connectivity index (χ1) is 36.9. The van der Waals surface area contributed by atoms with Gasteiger partial charge in [0.2, 0.25) is 65.0 Å². The minimum Gasteiger partial charge on any atom is -0.480 e. The fourth-order valence-electron chi connectivity index (χ4n) is 8.29. The number of rotatable bonds is 34. The topological polar surface area (TPSA) is 432 Å². The van der Waals surface area contributed by atoms with Crippen molar-refractivity contribution >= 4 is 108 Å². The van der Waals surface area contributed by atoms with Crippen LogP contribution >= 0.6 is 37.0 Å². The lowest BCUT2D eigenvalue weighted by Crippen LogP contribution is -2.62. The van der Waals surface area contributed by atoms with Crippen LogP contribution in [0.15, 0.2) is 0 Å². The summed E-state index contributed by atoms with van der Waals surface area (Å²) >= 11 is 9.89. The molecule has 442 valence electrons. The molecule has 0 aromatic carbocycles. The Labute approximate surface area is 468 Å². The molecular formula is C47H81N13O15S3. The number of aliphatic hydroxyl groups is 2. The lowest BCUT2D eigenvalue weighted by molar-refractivity contribution is -0.144. The summed E-state index contributed by atoms with van der Waals surface area (Å²) in [4.78, 5) is 160. The van der Waals surface area contributed by atoms with Crippen molar-refractivity contribution in [2.75, 3.05) is 62.8 Å². The van der Waals surface area contributed by atoms with E-state index >= 15 is 0 Å². The Kier molecular flexibility index (Phi) is 31.0. The maximum atomic E-state index is 14.4. The number of aliphatic hydroxyl groups excluding tert-OH is 2. The number of carboxylic acid groups (broad SMARTS) is 1. The van der Waals surface area contributed by atoms with Gasteiger partial charge in [0.05, 0.1) is 31.8 Å². The fraction of sp³-hybridized carbons (Fsp3) is 0.745. The molecular weight excluding hydrogens is 1080 g/mol. The quantitative estimate of drug-likeness (QED) is 0.0211. The number of hydrogen-bond acceptors (Lipinski definition) is 19. The van der Waals surface area contributed by atoms with Crippen molar-refractivity contribution in [3.8, 4) is 0 Å². The van der Waals surface area contributed by atoms with Crippen molar-refractivity contribution in [1.29, 1.82) is 0 Å². The first kappa shape index (κ1) is 68.6. The molecule has 12 atom stereocenters. The maximum absolute atomic E-state index is 14.4. The molecule has 0 spiro atoms. The molecule has 2 fully saturated rings. The van der Waals surface area contributed by atoms with E-state index < -0.39 is 163 Å².